The highest BCUT2D eigenvalue weighted by Gasteiger charge is 2.20. The quantitative estimate of drug-likeness (QED) is 0.675. The van der Waals surface area contributed by atoms with E-state index in [4.69, 9.17) is 5.73 Å². The lowest BCUT2D eigenvalue weighted by molar-refractivity contribution is 0.0934. The van der Waals surface area contributed by atoms with E-state index in [0.717, 1.165) is 11.6 Å². The van der Waals surface area contributed by atoms with Crippen molar-refractivity contribution in [2.24, 2.45) is 0 Å². The highest BCUT2D eigenvalue weighted by Crippen LogP contribution is 2.18. The highest BCUT2D eigenvalue weighted by atomic mass is 19.2. The lowest BCUT2D eigenvalue weighted by Crippen LogP contribution is -2.27. The first-order chi connectivity index (χ1) is 9.90. The summed E-state index contributed by atoms with van der Waals surface area (Å²) in [5.74, 6) is -5.33. The molecule has 2 rings (SSSR count). The number of carbonyl (C=O) groups is 1. The molecule has 0 aromatic heterocycles. The van der Waals surface area contributed by atoms with Crippen molar-refractivity contribution in [3.05, 3.63) is 65.0 Å². The largest absolute Gasteiger partial charge is 0.399 e. The van der Waals surface area contributed by atoms with E-state index in [1.165, 1.54) is 0 Å². The summed E-state index contributed by atoms with van der Waals surface area (Å²) in [6, 6.07) is 7.92. The van der Waals surface area contributed by atoms with Crippen molar-refractivity contribution in [3.8, 4) is 0 Å². The van der Waals surface area contributed by atoms with Crippen LogP contribution < -0.4 is 11.1 Å². The van der Waals surface area contributed by atoms with Crippen LogP contribution in [0.4, 0.5) is 18.9 Å². The van der Waals surface area contributed by atoms with Crippen LogP contribution in [-0.2, 0) is 0 Å². The van der Waals surface area contributed by atoms with Gasteiger partial charge < -0.3 is 11.1 Å². The molecule has 2 aromatic rings. The third-order valence-electron chi connectivity index (χ3n) is 3.06. The van der Waals surface area contributed by atoms with Crippen LogP contribution in [0, 0.1) is 17.5 Å². The topological polar surface area (TPSA) is 55.1 Å². The van der Waals surface area contributed by atoms with Crippen LogP contribution in [0.3, 0.4) is 0 Å². The molecule has 0 spiro atoms. The summed E-state index contributed by atoms with van der Waals surface area (Å²) in [6.45, 7) is 1.68. The van der Waals surface area contributed by atoms with E-state index in [2.05, 4.69) is 5.32 Å². The molecule has 0 radical (unpaired) electrons. The lowest BCUT2D eigenvalue weighted by atomic mass is 10.1. The van der Waals surface area contributed by atoms with Gasteiger partial charge in [-0.25, -0.2) is 13.2 Å². The summed E-state index contributed by atoms with van der Waals surface area (Å²) in [5, 5.41) is 2.51. The number of hydrogen-bond acceptors (Lipinski definition) is 2. The minimum atomic E-state index is -1.66. The Morgan fingerprint density at radius 1 is 1.05 bits per heavy atom. The van der Waals surface area contributed by atoms with Gasteiger partial charge in [0.2, 0.25) is 0 Å². The summed E-state index contributed by atoms with van der Waals surface area (Å²) in [4.78, 5) is 11.9. The zero-order valence-electron chi connectivity index (χ0n) is 11.2. The number of nitrogens with two attached hydrogens (primary N) is 1. The van der Waals surface area contributed by atoms with Crippen LogP contribution in [0.25, 0.3) is 0 Å². The van der Waals surface area contributed by atoms with E-state index >= 15 is 0 Å². The first-order valence-electron chi connectivity index (χ1n) is 6.20. The number of carbonyl (C=O) groups excluding carboxylic acids is 1. The second-order valence-electron chi connectivity index (χ2n) is 4.58. The molecule has 3 nitrogen and oxygen atoms in total. The molecule has 6 heteroatoms. The summed E-state index contributed by atoms with van der Waals surface area (Å²) in [6.07, 6.45) is 0. The summed E-state index contributed by atoms with van der Waals surface area (Å²) < 4.78 is 39.5. The molecule has 0 fully saturated rings. The smallest absolute Gasteiger partial charge is 0.254 e. The van der Waals surface area contributed by atoms with Crippen molar-refractivity contribution in [3.63, 3.8) is 0 Å². The zero-order chi connectivity index (χ0) is 15.6. The summed E-state index contributed by atoms with van der Waals surface area (Å²) in [5.41, 5.74) is 6.33. The van der Waals surface area contributed by atoms with E-state index in [-0.39, 0.29) is 0 Å². The van der Waals surface area contributed by atoms with Gasteiger partial charge in [0, 0.05) is 5.69 Å². The molecule has 110 valence electrons. The number of benzene rings is 2. The fourth-order valence-corrected chi connectivity index (χ4v) is 1.84. The van der Waals surface area contributed by atoms with Crippen molar-refractivity contribution in [2.45, 2.75) is 13.0 Å². The van der Waals surface area contributed by atoms with Crippen molar-refractivity contribution < 1.29 is 18.0 Å². The number of anilines is 1. The number of amides is 1. The SMILES string of the molecule is CC(NC(=O)c1ccc(F)c(F)c1F)c1ccc(N)cc1. The Balaban J connectivity index is 2.18. The third kappa shape index (κ3) is 3.16. The fraction of sp³-hybridized carbons (Fsp3) is 0.133. The van der Waals surface area contributed by atoms with Crippen LogP contribution >= 0.6 is 0 Å². The molecule has 0 saturated heterocycles. The standard InChI is InChI=1S/C15H13F3N2O/c1-8(9-2-4-10(19)5-3-9)20-15(21)11-6-7-12(16)14(18)13(11)17/h2-8H,19H2,1H3,(H,20,21). The van der Waals surface area contributed by atoms with Gasteiger partial charge in [-0.05, 0) is 36.8 Å². The van der Waals surface area contributed by atoms with E-state index in [1.807, 2.05) is 0 Å². The normalized spacial score (nSPS) is 12.0. The maximum atomic E-state index is 13.5. The van der Waals surface area contributed by atoms with E-state index in [9.17, 15) is 18.0 Å². The minimum absolute atomic E-state index is 0.439. The molecule has 0 aliphatic carbocycles. The van der Waals surface area contributed by atoms with Gasteiger partial charge in [-0.2, -0.15) is 0 Å². The second-order valence-corrected chi connectivity index (χ2v) is 4.58. The molecule has 0 bridgehead atoms. The number of rotatable bonds is 3. The average molecular weight is 294 g/mol. The predicted molar refractivity (Wildman–Crippen MR) is 73.1 cm³/mol. The van der Waals surface area contributed by atoms with Crippen molar-refractivity contribution in [1.29, 1.82) is 0 Å². The monoisotopic (exact) mass is 294 g/mol. The van der Waals surface area contributed by atoms with Crippen LogP contribution in [-0.4, -0.2) is 5.91 Å². The maximum absolute atomic E-state index is 13.5. The predicted octanol–water partition coefficient (Wildman–Crippen LogP) is 3.18. The van der Waals surface area contributed by atoms with Gasteiger partial charge in [0.05, 0.1) is 11.6 Å². The van der Waals surface area contributed by atoms with Crippen molar-refractivity contribution >= 4 is 11.6 Å². The van der Waals surface area contributed by atoms with Gasteiger partial charge >= 0.3 is 0 Å². The van der Waals surface area contributed by atoms with Crippen LogP contribution in [0.5, 0.6) is 0 Å². The Bertz CT molecular complexity index is 671. The Kier molecular flexibility index (Phi) is 4.16. The van der Waals surface area contributed by atoms with Gasteiger partial charge in [-0.3, -0.25) is 4.79 Å². The molecule has 0 saturated carbocycles. The Morgan fingerprint density at radius 3 is 2.29 bits per heavy atom. The second kappa shape index (κ2) is 5.87. The van der Waals surface area contributed by atoms with Crippen LogP contribution in [0.1, 0.15) is 28.9 Å². The first kappa shape index (κ1) is 14.9. The van der Waals surface area contributed by atoms with Gasteiger partial charge in [0.1, 0.15) is 0 Å². The first-order valence-corrected chi connectivity index (χ1v) is 6.20. The van der Waals surface area contributed by atoms with Crippen molar-refractivity contribution in [2.75, 3.05) is 5.73 Å². The van der Waals surface area contributed by atoms with Crippen molar-refractivity contribution in [1.82, 2.24) is 5.32 Å². The number of halogens is 3. The third-order valence-corrected chi connectivity index (χ3v) is 3.06. The Labute approximate surface area is 119 Å². The van der Waals surface area contributed by atoms with Gasteiger partial charge in [-0.15, -0.1) is 0 Å². The minimum Gasteiger partial charge on any atom is -0.399 e. The molecule has 2 aromatic carbocycles. The number of nitrogens with one attached hydrogen (secondary N) is 1. The van der Waals surface area contributed by atoms with E-state index < -0.39 is 35.0 Å². The van der Waals surface area contributed by atoms with Crippen LogP contribution in [0.2, 0.25) is 0 Å². The summed E-state index contributed by atoms with van der Waals surface area (Å²) >= 11 is 0. The number of nitrogen functional groups attached to an aromatic ring is 1. The molecule has 1 atom stereocenters. The van der Waals surface area contributed by atoms with E-state index in [1.54, 1.807) is 31.2 Å². The molecule has 1 amide bonds. The molecule has 0 aliphatic heterocycles. The van der Waals surface area contributed by atoms with Gasteiger partial charge in [-0.1, -0.05) is 12.1 Å². The molecule has 1 unspecified atom stereocenters. The molecule has 0 heterocycles. The fourth-order valence-electron chi connectivity index (χ4n) is 1.84. The van der Waals surface area contributed by atoms with Gasteiger partial charge in [0.15, 0.2) is 17.5 Å². The Hall–Kier alpha value is -2.50. The zero-order valence-corrected chi connectivity index (χ0v) is 11.2. The van der Waals surface area contributed by atoms with E-state index in [0.29, 0.717) is 11.8 Å². The Morgan fingerprint density at radius 2 is 1.67 bits per heavy atom. The molecular weight excluding hydrogens is 281 g/mol. The number of hydrogen-bond donors (Lipinski definition) is 2. The van der Waals surface area contributed by atoms with Gasteiger partial charge in [0.25, 0.3) is 5.91 Å². The molecule has 21 heavy (non-hydrogen) atoms. The highest BCUT2D eigenvalue weighted by molar-refractivity contribution is 5.94. The maximum Gasteiger partial charge on any atom is 0.254 e. The molecular formula is C15H13F3N2O. The lowest BCUT2D eigenvalue weighted by Gasteiger charge is -2.15. The molecule has 3 N–H and O–H groups in total. The molecule has 0 aliphatic rings. The summed E-state index contributed by atoms with van der Waals surface area (Å²) in [7, 11) is 0. The van der Waals surface area contributed by atoms with Crippen LogP contribution in [0.15, 0.2) is 36.4 Å². The average Bonchev–Trinajstić information content (AvgIpc) is 2.45.